The minimum atomic E-state index is -0.223. The monoisotopic (exact) mass is 200 g/mol. The zero-order valence-corrected chi connectivity index (χ0v) is 8.74. The fourth-order valence-corrected chi connectivity index (χ4v) is 1.08. The summed E-state index contributed by atoms with van der Waals surface area (Å²) in [5, 5.41) is 6.91. The molecular weight excluding hydrogens is 184 g/mol. The van der Waals surface area contributed by atoms with Gasteiger partial charge >= 0.3 is 0 Å². The minimum Gasteiger partial charge on any atom is -0.360 e. The zero-order chi connectivity index (χ0) is 10.4. The molecule has 0 amide bonds. The van der Waals surface area contributed by atoms with Crippen molar-refractivity contribution in [2.45, 2.75) is 19.8 Å². The molecule has 5 nitrogen and oxygen atoms in total. The molecule has 5 heteroatoms. The van der Waals surface area contributed by atoms with Crippen LogP contribution in [0.4, 0.5) is 0 Å². The van der Waals surface area contributed by atoms with E-state index in [4.69, 9.17) is 14.0 Å². The summed E-state index contributed by atoms with van der Waals surface area (Å²) >= 11 is 0. The third-order valence-electron chi connectivity index (χ3n) is 1.81. The van der Waals surface area contributed by atoms with Gasteiger partial charge in [-0.1, -0.05) is 5.16 Å². The Labute approximate surface area is 83.4 Å². The number of hydrogen-bond acceptors (Lipinski definition) is 5. The number of hydrogen-bond donors (Lipinski definition) is 1. The van der Waals surface area contributed by atoms with Gasteiger partial charge in [0, 0.05) is 26.8 Å². The summed E-state index contributed by atoms with van der Waals surface area (Å²) in [6, 6.07) is 1.89. The highest BCUT2D eigenvalue weighted by Crippen LogP contribution is 2.01. The maximum absolute atomic E-state index is 5.02. The van der Waals surface area contributed by atoms with Crippen molar-refractivity contribution in [2.75, 3.05) is 20.8 Å². The Balaban J connectivity index is 2.21. The topological polar surface area (TPSA) is 56.5 Å². The van der Waals surface area contributed by atoms with Crippen LogP contribution in [0, 0.1) is 6.92 Å². The first-order chi connectivity index (χ1) is 6.76. The van der Waals surface area contributed by atoms with Crippen LogP contribution in [0.15, 0.2) is 10.6 Å². The molecule has 0 radical (unpaired) electrons. The van der Waals surface area contributed by atoms with Crippen LogP contribution in [0.25, 0.3) is 0 Å². The van der Waals surface area contributed by atoms with Gasteiger partial charge in [-0.15, -0.1) is 0 Å². The Morgan fingerprint density at radius 3 is 2.71 bits per heavy atom. The average Bonchev–Trinajstić information content (AvgIpc) is 2.59. The molecule has 0 saturated heterocycles. The Kier molecular flexibility index (Phi) is 4.58. The quantitative estimate of drug-likeness (QED) is 0.685. The molecule has 0 aliphatic rings. The van der Waals surface area contributed by atoms with E-state index in [0.29, 0.717) is 13.1 Å². The highest BCUT2D eigenvalue weighted by molar-refractivity contribution is 5.02. The highest BCUT2D eigenvalue weighted by Gasteiger charge is 2.05. The number of aromatic nitrogens is 1. The van der Waals surface area contributed by atoms with Crippen LogP contribution in [0.1, 0.15) is 11.5 Å². The molecular formula is C9H16N2O3. The van der Waals surface area contributed by atoms with E-state index in [0.717, 1.165) is 11.5 Å². The predicted octanol–water partition coefficient (Wildman–Crippen LogP) is 0.692. The molecule has 0 unspecified atom stereocenters. The SMILES string of the molecule is COC(CNCc1cc(C)no1)OC. The molecule has 14 heavy (non-hydrogen) atoms. The first-order valence-corrected chi connectivity index (χ1v) is 4.44. The molecule has 1 aromatic rings. The van der Waals surface area contributed by atoms with E-state index < -0.39 is 0 Å². The van der Waals surface area contributed by atoms with E-state index >= 15 is 0 Å². The third-order valence-corrected chi connectivity index (χ3v) is 1.81. The molecule has 0 fully saturated rings. The van der Waals surface area contributed by atoms with E-state index in [-0.39, 0.29) is 6.29 Å². The van der Waals surface area contributed by atoms with Crippen molar-refractivity contribution in [1.29, 1.82) is 0 Å². The molecule has 1 N–H and O–H groups in total. The van der Waals surface area contributed by atoms with Gasteiger partial charge in [0.25, 0.3) is 0 Å². The summed E-state index contributed by atoms with van der Waals surface area (Å²) in [4.78, 5) is 0. The van der Waals surface area contributed by atoms with Gasteiger partial charge in [0.15, 0.2) is 12.1 Å². The largest absolute Gasteiger partial charge is 0.360 e. The van der Waals surface area contributed by atoms with E-state index in [1.165, 1.54) is 0 Å². The number of methoxy groups -OCH3 is 2. The van der Waals surface area contributed by atoms with Gasteiger partial charge in [-0.2, -0.15) is 0 Å². The van der Waals surface area contributed by atoms with Gasteiger partial charge in [0.2, 0.25) is 0 Å². The number of ether oxygens (including phenoxy) is 2. The van der Waals surface area contributed by atoms with Crippen LogP contribution in [0.3, 0.4) is 0 Å². The second kappa shape index (κ2) is 5.74. The van der Waals surface area contributed by atoms with Crippen LogP contribution in [-0.2, 0) is 16.0 Å². The van der Waals surface area contributed by atoms with Crippen molar-refractivity contribution in [3.8, 4) is 0 Å². The lowest BCUT2D eigenvalue weighted by Crippen LogP contribution is -2.29. The summed E-state index contributed by atoms with van der Waals surface area (Å²) in [5.74, 6) is 0.813. The third kappa shape index (κ3) is 3.45. The Bertz CT molecular complexity index is 258. The molecule has 0 spiro atoms. The summed E-state index contributed by atoms with van der Waals surface area (Å²) in [6.45, 7) is 3.14. The molecule has 80 valence electrons. The van der Waals surface area contributed by atoms with Gasteiger partial charge in [0.1, 0.15) is 0 Å². The van der Waals surface area contributed by atoms with Gasteiger partial charge in [-0.3, -0.25) is 0 Å². The Hall–Kier alpha value is -0.910. The summed E-state index contributed by atoms with van der Waals surface area (Å²) in [5.41, 5.74) is 0.886. The minimum absolute atomic E-state index is 0.223. The first-order valence-electron chi connectivity index (χ1n) is 4.44. The molecule has 0 aromatic carbocycles. The van der Waals surface area contributed by atoms with E-state index in [1.54, 1.807) is 14.2 Å². The molecule has 0 bridgehead atoms. The van der Waals surface area contributed by atoms with Crippen LogP contribution in [-0.4, -0.2) is 32.2 Å². The molecule has 0 saturated carbocycles. The number of rotatable bonds is 6. The fourth-order valence-electron chi connectivity index (χ4n) is 1.08. The number of nitrogens with one attached hydrogen (secondary N) is 1. The summed E-state index contributed by atoms with van der Waals surface area (Å²) in [7, 11) is 3.21. The molecule has 0 aliphatic carbocycles. The lowest BCUT2D eigenvalue weighted by atomic mass is 10.4. The van der Waals surface area contributed by atoms with Crippen molar-refractivity contribution in [2.24, 2.45) is 0 Å². The van der Waals surface area contributed by atoms with Crippen LogP contribution < -0.4 is 5.32 Å². The summed E-state index contributed by atoms with van der Waals surface area (Å²) in [6.07, 6.45) is -0.223. The van der Waals surface area contributed by atoms with Gasteiger partial charge in [-0.25, -0.2) is 0 Å². The number of nitrogens with zero attached hydrogens (tertiary/aromatic N) is 1. The van der Waals surface area contributed by atoms with Crippen molar-refractivity contribution in [3.63, 3.8) is 0 Å². The fraction of sp³-hybridized carbons (Fsp3) is 0.667. The second-order valence-electron chi connectivity index (χ2n) is 2.97. The highest BCUT2D eigenvalue weighted by atomic mass is 16.7. The average molecular weight is 200 g/mol. The number of aryl methyl sites for hydroxylation is 1. The smallest absolute Gasteiger partial charge is 0.169 e. The van der Waals surface area contributed by atoms with E-state index in [9.17, 15) is 0 Å². The summed E-state index contributed by atoms with van der Waals surface area (Å²) < 4.78 is 15.0. The second-order valence-corrected chi connectivity index (χ2v) is 2.97. The maximum Gasteiger partial charge on any atom is 0.169 e. The Morgan fingerprint density at radius 2 is 2.21 bits per heavy atom. The van der Waals surface area contributed by atoms with Gasteiger partial charge in [-0.05, 0) is 6.92 Å². The van der Waals surface area contributed by atoms with Crippen molar-refractivity contribution < 1.29 is 14.0 Å². The van der Waals surface area contributed by atoms with Gasteiger partial charge in [0.05, 0.1) is 12.2 Å². The van der Waals surface area contributed by atoms with Gasteiger partial charge < -0.3 is 19.3 Å². The molecule has 1 heterocycles. The molecule has 0 atom stereocenters. The Morgan fingerprint density at radius 1 is 1.50 bits per heavy atom. The zero-order valence-electron chi connectivity index (χ0n) is 8.74. The molecule has 0 aliphatic heterocycles. The van der Waals surface area contributed by atoms with Crippen molar-refractivity contribution in [3.05, 3.63) is 17.5 Å². The maximum atomic E-state index is 5.02. The lowest BCUT2D eigenvalue weighted by Gasteiger charge is -2.12. The predicted molar refractivity (Wildman–Crippen MR) is 50.8 cm³/mol. The van der Waals surface area contributed by atoms with Crippen LogP contribution >= 0.6 is 0 Å². The first kappa shape index (κ1) is 11.2. The lowest BCUT2D eigenvalue weighted by molar-refractivity contribution is -0.0990. The van der Waals surface area contributed by atoms with Crippen molar-refractivity contribution >= 4 is 0 Å². The van der Waals surface area contributed by atoms with E-state index in [1.807, 2.05) is 13.0 Å². The molecule has 1 rings (SSSR count). The van der Waals surface area contributed by atoms with Crippen molar-refractivity contribution in [1.82, 2.24) is 10.5 Å². The van der Waals surface area contributed by atoms with Crippen LogP contribution in [0.2, 0.25) is 0 Å². The van der Waals surface area contributed by atoms with Crippen LogP contribution in [0.5, 0.6) is 0 Å². The normalized spacial score (nSPS) is 11.1. The standard InChI is InChI=1S/C9H16N2O3/c1-7-4-8(14-11-7)5-10-6-9(12-2)13-3/h4,9-10H,5-6H2,1-3H3. The molecule has 1 aromatic heterocycles. The van der Waals surface area contributed by atoms with E-state index in [2.05, 4.69) is 10.5 Å².